The smallest absolute Gasteiger partial charge is 0.127 e. The number of hydrogen-bond acceptors (Lipinski definition) is 1. The third-order valence-electron chi connectivity index (χ3n) is 2.12. The zero-order chi connectivity index (χ0) is 5.56. The summed E-state index contributed by atoms with van der Waals surface area (Å²) in [6.45, 7) is 0. The molecule has 0 aromatic rings. The normalized spacial score (nSPS) is 48.8. The second kappa shape index (κ2) is 1.22. The van der Waals surface area contributed by atoms with Crippen molar-refractivity contribution < 1.29 is 4.79 Å². The van der Waals surface area contributed by atoms with Crippen molar-refractivity contribution in [3.8, 4) is 0 Å². The van der Waals surface area contributed by atoms with Crippen LogP contribution in [-0.4, -0.2) is 6.29 Å². The molecule has 2 aliphatic carbocycles. The third kappa shape index (κ3) is 0.391. The quantitative estimate of drug-likeness (QED) is 0.362. The standard InChI is InChI=1S/C7H8O/c8-4-6-2-1-5-3-7(5)6/h1-2,4-7H,3H2. The predicted octanol–water partition coefficient (Wildman–Crippen LogP) is 1.01. The van der Waals surface area contributed by atoms with Gasteiger partial charge in [-0.15, -0.1) is 0 Å². The predicted molar refractivity (Wildman–Crippen MR) is 30.3 cm³/mol. The fourth-order valence-corrected chi connectivity index (χ4v) is 1.46. The molecule has 1 heteroatoms. The van der Waals surface area contributed by atoms with E-state index in [0.29, 0.717) is 5.92 Å². The Balaban J connectivity index is 2.17. The molecule has 0 spiro atoms. The van der Waals surface area contributed by atoms with Crippen molar-refractivity contribution in [2.45, 2.75) is 6.42 Å². The molecule has 1 saturated carbocycles. The van der Waals surface area contributed by atoms with Gasteiger partial charge in [0, 0.05) is 5.92 Å². The Hall–Kier alpha value is -0.590. The van der Waals surface area contributed by atoms with E-state index in [4.69, 9.17) is 0 Å². The molecule has 0 aromatic heterocycles. The highest BCUT2D eigenvalue weighted by atomic mass is 16.1. The van der Waals surface area contributed by atoms with E-state index in [1.165, 1.54) is 6.42 Å². The van der Waals surface area contributed by atoms with E-state index in [1.54, 1.807) is 0 Å². The van der Waals surface area contributed by atoms with Gasteiger partial charge >= 0.3 is 0 Å². The van der Waals surface area contributed by atoms with Crippen LogP contribution in [0.4, 0.5) is 0 Å². The van der Waals surface area contributed by atoms with Gasteiger partial charge in [-0.3, -0.25) is 0 Å². The van der Waals surface area contributed by atoms with Crippen molar-refractivity contribution >= 4 is 6.29 Å². The van der Waals surface area contributed by atoms with Crippen LogP contribution in [0.3, 0.4) is 0 Å². The van der Waals surface area contributed by atoms with Crippen LogP contribution in [-0.2, 0) is 4.79 Å². The molecule has 0 amide bonds. The summed E-state index contributed by atoms with van der Waals surface area (Å²) in [6, 6.07) is 0. The Morgan fingerprint density at radius 2 is 2.38 bits per heavy atom. The van der Waals surface area contributed by atoms with Crippen LogP contribution >= 0.6 is 0 Å². The Labute approximate surface area is 48.4 Å². The Morgan fingerprint density at radius 3 is 2.62 bits per heavy atom. The third-order valence-corrected chi connectivity index (χ3v) is 2.12. The molecule has 1 nitrogen and oxygen atoms in total. The SMILES string of the molecule is O=CC1C=CC2CC12. The molecule has 0 bridgehead atoms. The molecule has 8 heavy (non-hydrogen) atoms. The topological polar surface area (TPSA) is 17.1 Å². The van der Waals surface area contributed by atoms with Gasteiger partial charge in [0.15, 0.2) is 0 Å². The Bertz CT molecular complexity index is 148. The molecule has 2 rings (SSSR count). The highest BCUT2D eigenvalue weighted by Crippen LogP contribution is 2.49. The van der Waals surface area contributed by atoms with Gasteiger partial charge in [-0.2, -0.15) is 0 Å². The van der Waals surface area contributed by atoms with Crippen LogP contribution in [0.25, 0.3) is 0 Å². The lowest BCUT2D eigenvalue weighted by Crippen LogP contribution is -1.96. The first-order valence-electron chi connectivity index (χ1n) is 3.05. The van der Waals surface area contributed by atoms with Crippen molar-refractivity contribution in [1.29, 1.82) is 0 Å². The molecule has 0 saturated heterocycles. The summed E-state index contributed by atoms with van der Waals surface area (Å²) < 4.78 is 0. The zero-order valence-corrected chi connectivity index (χ0v) is 4.58. The number of allylic oxidation sites excluding steroid dienone is 2. The summed E-state index contributed by atoms with van der Waals surface area (Å²) in [4.78, 5) is 10.2. The minimum Gasteiger partial charge on any atom is -0.303 e. The van der Waals surface area contributed by atoms with E-state index >= 15 is 0 Å². The van der Waals surface area contributed by atoms with E-state index < -0.39 is 0 Å². The van der Waals surface area contributed by atoms with Crippen molar-refractivity contribution in [2.24, 2.45) is 17.8 Å². The maximum atomic E-state index is 10.2. The molecule has 3 atom stereocenters. The maximum Gasteiger partial charge on any atom is 0.127 e. The molecule has 0 N–H and O–H groups in total. The molecule has 2 aliphatic rings. The van der Waals surface area contributed by atoms with E-state index in [9.17, 15) is 4.79 Å². The van der Waals surface area contributed by atoms with Crippen LogP contribution < -0.4 is 0 Å². The van der Waals surface area contributed by atoms with Gasteiger partial charge in [0.25, 0.3) is 0 Å². The largest absolute Gasteiger partial charge is 0.303 e. The van der Waals surface area contributed by atoms with Crippen LogP contribution in [0.1, 0.15) is 6.42 Å². The van der Waals surface area contributed by atoms with Gasteiger partial charge in [0.1, 0.15) is 6.29 Å². The number of carbonyl (C=O) groups excluding carboxylic acids is 1. The number of hydrogen-bond donors (Lipinski definition) is 0. The molecule has 0 aromatic carbocycles. The Morgan fingerprint density at radius 1 is 1.50 bits per heavy atom. The van der Waals surface area contributed by atoms with E-state index in [-0.39, 0.29) is 5.92 Å². The van der Waals surface area contributed by atoms with Gasteiger partial charge in [0.05, 0.1) is 0 Å². The van der Waals surface area contributed by atoms with E-state index in [2.05, 4.69) is 6.08 Å². The molecule has 3 unspecified atom stereocenters. The van der Waals surface area contributed by atoms with Crippen molar-refractivity contribution in [2.75, 3.05) is 0 Å². The summed E-state index contributed by atoms with van der Waals surface area (Å²) in [5.41, 5.74) is 0. The fraction of sp³-hybridized carbons (Fsp3) is 0.571. The minimum absolute atomic E-state index is 0.278. The van der Waals surface area contributed by atoms with Gasteiger partial charge in [-0.1, -0.05) is 12.2 Å². The van der Waals surface area contributed by atoms with Gasteiger partial charge in [-0.05, 0) is 18.3 Å². The van der Waals surface area contributed by atoms with Crippen molar-refractivity contribution in [3.63, 3.8) is 0 Å². The zero-order valence-electron chi connectivity index (χ0n) is 4.58. The average Bonchev–Trinajstić information content (AvgIpc) is 2.46. The van der Waals surface area contributed by atoms with Crippen molar-refractivity contribution in [3.05, 3.63) is 12.2 Å². The summed E-state index contributed by atoms with van der Waals surface area (Å²) in [7, 11) is 0. The molecular weight excluding hydrogens is 100 g/mol. The lowest BCUT2D eigenvalue weighted by Gasteiger charge is -1.92. The van der Waals surface area contributed by atoms with E-state index in [0.717, 1.165) is 12.2 Å². The summed E-state index contributed by atoms with van der Waals surface area (Å²) in [5, 5.41) is 0. The second-order valence-corrected chi connectivity index (χ2v) is 2.66. The average molecular weight is 108 g/mol. The first-order chi connectivity index (χ1) is 3.92. The van der Waals surface area contributed by atoms with Crippen molar-refractivity contribution in [1.82, 2.24) is 0 Å². The molecule has 42 valence electrons. The highest BCUT2D eigenvalue weighted by Gasteiger charge is 2.43. The second-order valence-electron chi connectivity index (χ2n) is 2.66. The first-order valence-corrected chi connectivity index (χ1v) is 3.05. The molecule has 1 fully saturated rings. The van der Waals surface area contributed by atoms with Gasteiger partial charge in [-0.25, -0.2) is 0 Å². The Kier molecular flexibility index (Phi) is 0.655. The number of rotatable bonds is 1. The number of fused-ring (bicyclic) bond motifs is 1. The molecule has 0 heterocycles. The van der Waals surface area contributed by atoms with E-state index in [1.807, 2.05) is 6.08 Å². The van der Waals surface area contributed by atoms with Gasteiger partial charge in [0.2, 0.25) is 0 Å². The van der Waals surface area contributed by atoms with Crippen LogP contribution in [0.2, 0.25) is 0 Å². The first kappa shape index (κ1) is 4.30. The monoisotopic (exact) mass is 108 g/mol. The lowest BCUT2D eigenvalue weighted by atomic mass is 10.1. The highest BCUT2D eigenvalue weighted by molar-refractivity contribution is 5.60. The summed E-state index contributed by atoms with van der Waals surface area (Å²) in [6.07, 6.45) is 6.53. The molecule has 0 radical (unpaired) electrons. The van der Waals surface area contributed by atoms with Crippen LogP contribution in [0.15, 0.2) is 12.2 Å². The number of carbonyl (C=O) groups is 1. The van der Waals surface area contributed by atoms with Crippen LogP contribution in [0.5, 0.6) is 0 Å². The van der Waals surface area contributed by atoms with Crippen LogP contribution in [0, 0.1) is 17.8 Å². The summed E-state index contributed by atoms with van der Waals surface area (Å²) >= 11 is 0. The minimum atomic E-state index is 0.278. The molecule has 0 aliphatic heterocycles. The molecular formula is C7H8O. The lowest BCUT2D eigenvalue weighted by molar-refractivity contribution is -0.110. The summed E-state index contributed by atoms with van der Waals surface area (Å²) in [5.74, 6) is 1.78. The fourth-order valence-electron chi connectivity index (χ4n) is 1.46. The maximum absolute atomic E-state index is 10.2. The number of aldehydes is 1. The van der Waals surface area contributed by atoms with Gasteiger partial charge < -0.3 is 4.79 Å².